The van der Waals surface area contributed by atoms with Crippen LogP contribution in [0, 0.1) is 11.6 Å². The molecule has 0 amide bonds. The lowest BCUT2D eigenvalue weighted by Gasteiger charge is -2.27. The predicted octanol–water partition coefficient (Wildman–Crippen LogP) is 1.55. The van der Waals surface area contributed by atoms with Crippen molar-refractivity contribution in [3.63, 3.8) is 0 Å². The van der Waals surface area contributed by atoms with Crippen molar-refractivity contribution in [3.05, 3.63) is 29.8 Å². The predicted molar refractivity (Wildman–Crippen MR) is 65.0 cm³/mol. The first-order chi connectivity index (χ1) is 8.88. The molecule has 2 rings (SSSR count). The van der Waals surface area contributed by atoms with Crippen molar-refractivity contribution in [1.29, 1.82) is 0 Å². The third-order valence-corrected chi connectivity index (χ3v) is 5.01. The van der Waals surface area contributed by atoms with Crippen molar-refractivity contribution in [1.82, 2.24) is 4.72 Å². The van der Waals surface area contributed by atoms with Gasteiger partial charge in [0.2, 0.25) is 10.0 Å². The molecule has 0 atom stereocenters. The lowest BCUT2D eigenvalue weighted by molar-refractivity contribution is 0.185. The first-order valence-corrected chi connectivity index (χ1v) is 7.47. The van der Waals surface area contributed by atoms with Crippen LogP contribution in [0.5, 0.6) is 0 Å². The molecule has 2 N–H and O–H groups in total. The average Bonchev–Trinajstić information content (AvgIpc) is 2.77. The van der Waals surface area contributed by atoms with E-state index >= 15 is 0 Å². The van der Waals surface area contributed by atoms with Crippen molar-refractivity contribution in [2.75, 3.05) is 6.61 Å². The fraction of sp³-hybridized carbons (Fsp3) is 0.500. The van der Waals surface area contributed by atoms with E-state index in [-0.39, 0.29) is 6.61 Å². The number of aliphatic hydroxyl groups is 1. The number of nitrogens with one attached hydrogen (secondary N) is 1. The van der Waals surface area contributed by atoms with E-state index < -0.39 is 32.1 Å². The van der Waals surface area contributed by atoms with E-state index in [2.05, 4.69) is 4.72 Å². The molecule has 0 heterocycles. The molecule has 7 heteroatoms. The van der Waals surface area contributed by atoms with Gasteiger partial charge in [-0.3, -0.25) is 0 Å². The minimum absolute atomic E-state index is 0.338. The molecule has 106 valence electrons. The minimum Gasteiger partial charge on any atom is -0.394 e. The van der Waals surface area contributed by atoms with Gasteiger partial charge in [-0.2, -0.15) is 0 Å². The maximum atomic E-state index is 13.5. The number of hydrogen-bond acceptors (Lipinski definition) is 3. The van der Waals surface area contributed by atoms with Gasteiger partial charge in [0.25, 0.3) is 0 Å². The highest BCUT2D eigenvalue weighted by molar-refractivity contribution is 7.89. The SMILES string of the molecule is O=S(=O)(NC1(CO)CCCC1)c1ccc(F)cc1F. The Balaban J connectivity index is 2.32. The van der Waals surface area contributed by atoms with Gasteiger partial charge in [0.15, 0.2) is 0 Å². The van der Waals surface area contributed by atoms with E-state index in [1.807, 2.05) is 0 Å². The van der Waals surface area contributed by atoms with Crippen LogP contribution >= 0.6 is 0 Å². The number of halogens is 2. The molecule has 0 aromatic heterocycles. The summed E-state index contributed by atoms with van der Waals surface area (Å²) in [5, 5.41) is 9.36. The van der Waals surface area contributed by atoms with Crippen LogP contribution < -0.4 is 4.72 Å². The maximum Gasteiger partial charge on any atom is 0.244 e. The second-order valence-corrected chi connectivity index (χ2v) is 6.48. The Kier molecular flexibility index (Phi) is 3.89. The van der Waals surface area contributed by atoms with Crippen LogP contribution in [-0.4, -0.2) is 25.7 Å². The van der Waals surface area contributed by atoms with E-state index in [9.17, 15) is 22.3 Å². The second-order valence-electron chi connectivity index (χ2n) is 4.83. The van der Waals surface area contributed by atoms with Gasteiger partial charge in [-0.15, -0.1) is 0 Å². The molecule has 0 saturated heterocycles. The molecule has 1 aromatic carbocycles. The zero-order chi connectivity index (χ0) is 14.1. The second kappa shape index (κ2) is 5.15. The maximum absolute atomic E-state index is 13.5. The van der Waals surface area contributed by atoms with Gasteiger partial charge in [0.05, 0.1) is 12.1 Å². The first-order valence-electron chi connectivity index (χ1n) is 5.98. The highest BCUT2D eigenvalue weighted by Gasteiger charge is 2.38. The highest BCUT2D eigenvalue weighted by atomic mass is 32.2. The van der Waals surface area contributed by atoms with Crippen molar-refractivity contribution in [2.24, 2.45) is 0 Å². The van der Waals surface area contributed by atoms with Gasteiger partial charge in [0, 0.05) is 6.07 Å². The normalized spacial score (nSPS) is 18.7. The van der Waals surface area contributed by atoms with Gasteiger partial charge >= 0.3 is 0 Å². The van der Waals surface area contributed by atoms with Crippen LogP contribution in [0.15, 0.2) is 23.1 Å². The van der Waals surface area contributed by atoms with Crippen LogP contribution in [0.2, 0.25) is 0 Å². The number of aliphatic hydroxyl groups excluding tert-OH is 1. The molecular weight excluding hydrogens is 276 g/mol. The van der Waals surface area contributed by atoms with E-state index in [1.165, 1.54) is 0 Å². The van der Waals surface area contributed by atoms with Crippen molar-refractivity contribution < 1.29 is 22.3 Å². The third kappa shape index (κ3) is 2.93. The Morgan fingerprint density at radius 1 is 1.26 bits per heavy atom. The van der Waals surface area contributed by atoms with Gasteiger partial charge in [0.1, 0.15) is 16.5 Å². The van der Waals surface area contributed by atoms with Crippen LogP contribution in [0.4, 0.5) is 8.78 Å². The van der Waals surface area contributed by atoms with Gasteiger partial charge in [-0.25, -0.2) is 21.9 Å². The lowest BCUT2D eigenvalue weighted by atomic mass is 10.0. The molecule has 1 fully saturated rings. The number of sulfonamides is 1. The average molecular weight is 291 g/mol. The van der Waals surface area contributed by atoms with Crippen LogP contribution in [0.25, 0.3) is 0 Å². The molecule has 0 radical (unpaired) electrons. The number of benzene rings is 1. The standard InChI is InChI=1S/C12H15F2NO3S/c13-9-3-4-11(10(14)7-9)19(17,18)15-12(8-16)5-1-2-6-12/h3-4,7,15-16H,1-2,5-6,8H2. The Labute approximate surface area is 110 Å². The number of rotatable bonds is 4. The summed E-state index contributed by atoms with van der Waals surface area (Å²) < 4.78 is 52.9. The molecule has 0 aliphatic heterocycles. The fourth-order valence-corrected chi connectivity index (χ4v) is 3.89. The molecule has 1 aliphatic carbocycles. The topological polar surface area (TPSA) is 66.4 Å². The summed E-state index contributed by atoms with van der Waals surface area (Å²) in [7, 11) is -4.11. The molecule has 1 saturated carbocycles. The van der Waals surface area contributed by atoms with Gasteiger partial charge in [-0.05, 0) is 25.0 Å². The van der Waals surface area contributed by atoms with Gasteiger partial charge in [-0.1, -0.05) is 12.8 Å². The molecule has 0 bridgehead atoms. The fourth-order valence-electron chi connectivity index (χ4n) is 2.38. The summed E-state index contributed by atoms with van der Waals surface area (Å²) in [6.07, 6.45) is 2.61. The van der Waals surface area contributed by atoms with Crippen molar-refractivity contribution in [3.8, 4) is 0 Å². The molecule has 1 aliphatic rings. The molecule has 19 heavy (non-hydrogen) atoms. The Morgan fingerprint density at radius 2 is 1.89 bits per heavy atom. The van der Waals surface area contributed by atoms with E-state index in [0.717, 1.165) is 25.0 Å². The summed E-state index contributed by atoms with van der Waals surface area (Å²) in [4.78, 5) is -0.603. The number of hydrogen-bond donors (Lipinski definition) is 2. The summed E-state index contributed by atoms with van der Waals surface area (Å²) in [5.74, 6) is -1.98. The smallest absolute Gasteiger partial charge is 0.244 e. The van der Waals surface area contributed by atoms with Crippen molar-refractivity contribution in [2.45, 2.75) is 36.1 Å². The van der Waals surface area contributed by atoms with Gasteiger partial charge < -0.3 is 5.11 Å². The Hall–Kier alpha value is -1.05. The van der Waals surface area contributed by atoms with E-state index in [4.69, 9.17) is 0 Å². The van der Waals surface area contributed by atoms with Crippen LogP contribution in [0.3, 0.4) is 0 Å². The zero-order valence-corrected chi connectivity index (χ0v) is 11.0. The molecular formula is C12H15F2NO3S. The lowest BCUT2D eigenvalue weighted by Crippen LogP contribution is -2.49. The summed E-state index contributed by atoms with van der Waals surface area (Å²) in [6.45, 7) is -0.338. The zero-order valence-electron chi connectivity index (χ0n) is 10.2. The summed E-state index contributed by atoms with van der Waals surface area (Å²) in [5.41, 5.74) is -0.931. The van der Waals surface area contributed by atoms with Crippen LogP contribution in [-0.2, 0) is 10.0 Å². The summed E-state index contributed by atoms with van der Waals surface area (Å²) in [6, 6.07) is 2.29. The monoisotopic (exact) mass is 291 g/mol. The Morgan fingerprint density at radius 3 is 2.42 bits per heavy atom. The van der Waals surface area contributed by atoms with Crippen molar-refractivity contribution >= 4 is 10.0 Å². The minimum atomic E-state index is -4.11. The summed E-state index contributed by atoms with van der Waals surface area (Å²) >= 11 is 0. The molecule has 1 aromatic rings. The molecule has 0 spiro atoms. The highest BCUT2D eigenvalue weighted by Crippen LogP contribution is 2.31. The van der Waals surface area contributed by atoms with E-state index in [1.54, 1.807) is 0 Å². The first kappa shape index (κ1) is 14.4. The third-order valence-electron chi connectivity index (χ3n) is 3.40. The molecule has 0 unspecified atom stereocenters. The quantitative estimate of drug-likeness (QED) is 0.884. The molecule has 4 nitrogen and oxygen atoms in total. The van der Waals surface area contributed by atoms with E-state index in [0.29, 0.717) is 18.9 Å². The Bertz CT molecular complexity index is 568. The largest absolute Gasteiger partial charge is 0.394 e. The van der Waals surface area contributed by atoms with Crippen LogP contribution in [0.1, 0.15) is 25.7 Å².